The van der Waals surface area contributed by atoms with E-state index < -0.39 is 0 Å². The minimum absolute atomic E-state index is 0.288. The average Bonchev–Trinajstić information content (AvgIpc) is 3.18. The molecule has 2 aromatic rings. The van der Waals surface area contributed by atoms with Crippen LogP contribution >= 0.6 is 11.3 Å². The third-order valence-corrected chi connectivity index (χ3v) is 5.55. The van der Waals surface area contributed by atoms with Crippen molar-refractivity contribution in [3.63, 3.8) is 0 Å². The normalized spacial score (nSPS) is 14.4. The molecule has 0 aliphatic carbocycles. The number of aromatic nitrogens is 2. The van der Waals surface area contributed by atoms with E-state index in [4.69, 9.17) is 4.99 Å². The maximum absolute atomic E-state index is 4.78. The first-order chi connectivity index (χ1) is 11.9. The lowest BCUT2D eigenvalue weighted by atomic mass is 10.1. The fourth-order valence-corrected chi connectivity index (χ4v) is 3.69. The minimum Gasteiger partial charge on any atom is -0.357 e. The zero-order valence-corrected chi connectivity index (χ0v) is 17.1. The van der Waals surface area contributed by atoms with Crippen molar-refractivity contribution in [2.24, 2.45) is 12.0 Å². The van der Waals surface area contributed by atoms with Gasteiger partial charge in [-0.15, -0.1) is 11.3 Å². The summed E-state index contributed by atoms with van der Waals surface area (Å²) in [7, 11) is 2.00. The second-order valence-electron chi connectivity index (χ2n) is 6.66. The number of thiophene rings is 1. The smallest absolute Gasteiger partial charge is 0.191 e. The molecule has 0 bridgehead atoms. The molecule has 6 heteroatoms. The summed E-state index contributed by atoms with van der Waals surface area (Å²) >= 11 is 1.80. The molecule has 2 N–H and O–H groups in total. The van der Waals surface area contributed by atoms with Gasteiger partial charge in [-0.2, -0.15) is 5.10 Å². The maximum atomic E-state index is 4.78. The SMILES string of the molecule is CCNC(=NCC(C)c1cccs1)NC(C)Cc1c(C)nn(C)c1C. The van der Waals surface area contributed by atoms with Gasteiger partial charge in [0.05, 0.1) is 12.2 Å². The van der Waals surface area contributed by atoms with Gasteiger partial charge in [0.1, 0.15) is 0 Å². The quantitative estimate of drug-likeness (QED) is 0.587. The lowest BCUT2D eigenvalue weighted by molar-refractivity contribution is 0.633. The Morgan fingerprint density at radius 2 is 2.12 bits per heavy atom. The van der Waals surface area contributed by atoms with E-state index in [1.54, 1.807) is 11.3 Å². The molecule has 0 aromatic carbocycles. The summed E-state index contributed by atoms with van der Waals surface area (Å²) in [5, 5.41) is 13.5. The van der Waals surface area contributed by atoms with Gasteiger partial charge in [0.2, 0.25) is 0 Å². The Labute approximate surface area is 155 Å². The van der Waals surface area contributed by atoms with Crippen LogP contribution in [0, 0.1) is 13.8 Å². The Morgan fingerprint density at radius 1 is 1.36 bits per heavy atom. The van der Waals surface area contributed by atoms with Crippen molar-refractivity contribution in [1.82, 2.24) is 20.4 Å². The van der Waals surface area contributed by atoms with E-state index in [1.807, 2.05) is 11.7 Å². The number of aryl methyl sites for hydroxylation is 2. The van der Waals surface area contributed by atoms with Crippen molar-refractivity contribution in [2.75, 3.05) is 13.1 Å². The first-order valence-electron chi connectivity index (χ1n) is 8.99. The van der Waals surface area contributed by atoms with Crippen molar-refractivity contribution in [3.8, 4) is 0 Å². The highest BCUT2D eigenvalue weighted by Crippen LogP contribution is 2.20. The first kappa shape index (κ1) is 19.5. The molecule has 0 saturated carbocycles. The average molecular weight is 362 g/mol. The molecule has 0 saturated heterocycles. The summed E-state index contributed by atoms with van der Waals surface area (Å²) in [5.41, 5.74) is 3.67. The molecule has 5 nitrogen and oxygen atoms in total. The van der Waals surface area contributed by atoms with Gasteiger partial charge in [-0.3, -0.25) is 9.67 Å². The van der Waals surface area contributed by atoms with Crippen molar-refractivity contribution in [2.45, 2.75) is 53.0 Å². The van der Waals surface area contributed by atoms with Gasteiger partial charge in [-0.05, 0) is 51.1 Å². The van der Waals surface area contributed by atoms with Gasteiger partial charge < -0.3 is 10.6 Å². The Kier molecular flexibility index (Phi) is 7.05. The molecule has 0 spiro atoms. The van der Waals surface area contributed by atoms with Crippen LogP contribution in [0.3, 0.4) is 0 Å². The summed E-state index contributed by atoms with van der Waals surface area (Å²) in [6, 6.07) is 4.57. The topological polar surface area (TPSA) is 54.2 Å². The van der Waals surface area contributed by atoms with Crippen molar-refractivity contribution in [1.29, 1.82) is 0 Å². The van der Waals surface area contributed by atoms with Crippen LogP contribution in [-0.4, -0.2) is 34.9 Å². The monoisotopic (exact) mass is 361 g/mol. The van der Waals surface area contributed by atoms with E-state index in [2.05, 4.69) is 67.9 Å². The Bertz CT molecular complexity index is 687. The molecular formula is C19H31N5S. The highest BCUT2D eigenvalue weighted by Gasteiger charge is 2.14. The van der Waals surface area contributed by atoms with E-state index in [1.165, 1.54) is 16.1 Å². The second kappa shape index (κ2) is 9.04. The van der Waals surface area contributed by atoms with E-state index in [-0.39, 0.29) is 6.04 Å². The van der Waals surface area contributed by atoms with Crippen LogP contribution in [0.2, 0.25) is 0 Å². The van der Waals surface area contributed by atoms with Crippen LogP contribution in [0.4, 0.5) is 0 Å². The molecule has 2 rings (SSSR count). The number of rotatable bonds is 7. The minimum atomic E-state index is 0.288. The van der Waals surface area contributed by atoms with E-state index >= 15 is 0 Å². The molecule has 0 fully saturated rings. The van der Waals surface area contributed by atoms with Crippen molar-refractivity contribution in [3.05, 3.63) is 39.3 Å². The number of nitrogens with one attached hydrogen (secondary N) is 2. The molecule has 0 radical (unpaired) electrons. The summed E-state index contributed by atoms with van der Waals surface area (Å²) < 4.78 is 1.96. The second-order valence-corrected chi connectivity index (χ2v) is 7.64. The summed E-state index contributed by atoms with van der Waals surface area (Å²) in [4.78, 5) is 6.16. The highest BCUT2D eigenvalue weighted by molar-refractivity contribution is 7.10. The van der Waals surface area contributed by atoms with Crippen LogP contribution in [0.25, 0.3) is 0 Å². The molecular weight excluding hydrogens is 330 g/mol. The van der Waals surface area contributed by atoms with Gasteiger partial charge in [-0.1, -0.05) is 13.0 Å². The largest absolute Gasteiger partial charge is 0.357 e. The number of aliphatic imine (C=N–C) groups is 1. The molecule has 0 aliphatic rings. The molecule has 0 aliphatic heterocycles. The third-order valence-electron chi connectivity index (χ3n) is 4.45. The molecule has 2 aromatic heterocycles. The van der Waals surface area contributed by atoms with Crippen LogP contribution in [0.1, 0.15) is 48.5 Å². The Morgan fingerprint density at radius 3 is 2.68 bits per heavy atom. The van der Waals surface area contributed by atoms with Gasteiger partial charge in [0.25, 0.3) is 0 Å². The lowest BCUT2D eigenvalue weighted by Crippen LogP contribution is -2.43. The van der Waals surface area contributed by atoms with Crippen LogP contribution in [0.5, 0.6) is 0 Å². The number of guanidine groups is 1. The molecule has 25 heavy (non-hydrogen) atoms. The molecule has 2 atom stereocenters. The summed E-state index contributed by atoms with van der Waals surface area (Å²) in [6.45, 7) is 12.4. The highest BCUT2D eigenvalue weighted by atomic mass is 32.1. The van der Waals surface area contributed by atoms with E-state index in [9.17, 15) is 0 Å². The van der Waals surface area contributed by atoms with Gasteiger partial charge >= 0.3 is 0 Å². The fraction of sp³-hybridized carbons (Fsp3) is 0.579. The Hall–Kier alpha value is -1.82. The summed E-state index contributed by atoms with van der Waals surface area (Å²) in [6.07, 6.45) is 0.941. The zero-order chi connectivity index (χ0) is 18.4. The molecule has 2 unspecified atom stereocenters. The predicted molar refractivity (Wildman–Crippen MR) is 108 cm³/mol. The molecule has 2 heterocycles. The van der Waals surface area contributed by atoms with E-state index in [0.29, 0.717) is 5.92 Å². The van der Waals surface area contributed by atoms with Crippen molar-refractivity contribution >= 4 is 17.3 Å². The maximum Gasteiger partial charge on any atom is 0.191 e. The van der Waals surface area contributed by atoms with Gasteiger partial charge in [0.15, 0.2) is 5.96 Å². The van der Waals surface area contributed by atoms with Crippen LogP contribution in [-0.2, 0) is 13.5 Å². The number of nitrogens with zero attached hydrogens (tertiary/aromatic N) is 3. The van der Waals surface area contributed by atoms with Crippen molar-refractivity contribution < 1.29 is 0 Å². The third kappa shape index (κ3) is 5.33. The molecule has 138 valence electrons. The molecule has 0 amide bonds. The lowest BCUT2D eigenvalue weighted by Gasteiger charge is -2.19. The van der Waals surface area contributed by atoms with Crippen LogP contribution < -0.4 is 10.6 Å². The fourth-order valence-electron chi connectivity index (χ4n) is 2.91. The predicted octanol–water partition coefficient (Wildman–Crippen LogP) is 3.39. The number of hydrogen-bond donors (Lipinski definition) is 2. The standard InChI is InChI=1S/C19H31N5S/c1-7-20-19(21-12-13(2)18-9-8-10-25-18)22-14(3)11-17-15(4)23-24(6)16(17)5/h8-10,13-14H,7,11-12H2,1-6H3,(H2,20,21,22). The zero-order valence-electron chi connectivity index (χ0n) is 16.3. The van der Waals surface area contributed by atoms with E-state index in [0.717, 1.165) is 31.2 Å². The first-order valence-corrected chi connectivity index (χ1v) is 9.87. The van der Waals surface area contributed by atoms with Crippen LogP contribution in [0.15, 0.2) is 22.5 Å². The Balaban J connectivity index is 1.98. The van der Waals surface area contributed by atoms with Gasteiger partial charge in [0, 0.05) is 36.1 Å². The summed E-state index contributed by atoms with van der Waals surface area (Å²) in [5.74, 6) is 1.33. The van der Waals surface area contributed by atoms with Gasteiger partial charge in [-0.25, -0.2) is 0 Å². The number of hydrogen-bond acceptors (Lipinski definition) is 3.